The summed E-state index contributed by atoms with van der Waals surface area (Å²) >= 11 is 3.20. The van der Waals surface area contributed by atoms with E-state index in [4.69, 9.17) is 5.73 Å². The van der Waals surface area contributed by atoms with Gasteiger partial charge in [0.15, 0.2) is 0 Å². The molecular weight excluding hydrogens is 265 g/mol. The Morgan fingerprint density at radius 3 is 2.87 bits per heavy atom. The molecule has 0 spiro atoms. The number of ether oxygens (including phenoxy) is 1. The molecule has 82 valence electrons. The largest absolute Gasteiger partial charge is 0.468 e. The maximum absolute atomic E-state index is 12.8. The minimum absolute atomic E-state index is 0.313. The van der Waals surface area contributed by atoms with Crippen molar-refractivity contribution in [1.29, 1.82) is 0 Å². The number of carbonyl (C=O) groups excluding carboxylic acids is 1. The van der Waals surface area contributed by atoms with Gasteiger partial charge in [-0.1, -0.05) is 22.0 Å². The van der Waals surface area contributed by atoms with Gasteiger partial charge >= 0.3 is 5.97 Å². The van der Waals surface area contributed by atoms with Gasteiger partial charge in [-0.2, -0.15) is 0 Å². The highest BCUT2D eigenvalue weighted by Crippen LogP contribution is 2.19. The molecule has 15 heavy (non-hydrogen) atoms. The predicted octanol–water partition coefficient (Wildman–Crippen LogP) is 1.63. The van der Waals surface area contributed by atoms with Crippen molar-refractivity contribution in [3.63, 3.8) is 0 Å². The van der Waals surface area contributed by atoms with Crippen molar-refractivity contribution in [3.05, 3.63) is 34.1 Å². The number of rotatable bonds is 3. The van der Waals surface area contributed by atoms with Crippen LogP contribution in [0.5, 0.6) is 0 Å². The lowest BCUT2D eigenvalue weighted by molar-refractivity contribution is -0.142. The third-order valence-electron chi connectivity index (χ3n) is 1.96. The zero-order valence-electron chi connectivity index (χ0n) is 8.17. The molecule has 3 nitrogen and oxygen atoms in total. The number of methoxy groups -OCH3 is 1. The summed E-state index contributed by atoms with van der Waals surface area (Å²) in [6.45, 7) is 0. The van der Waals surface area contributed by atoms with Crippen LogP contribution in [0, 0.1) is 5.82 Å². The third kappa shape index (κ3) is 3.28. The highest BCUT2D eigenvalue weighted by Gasteiger charge is 2.15. The van der Waals surface area contributed by atoms with E-state index in [0.717, 1.165) is 5.56 Å². The van der Waals surface area contributed by atoms with Gasteiger partial charge in [-0.15, -0.1) is 0 Å². The minimum Gasteiger partial charge on any atom is -0.468 e. The first-order valence-electron chi connectivity index (χ1n) is 4.32. The highest BCUT2D eigenvalue weighted by molar-refractivity contribution is 9.10. The van der Waals surface area contributed by atoms with E-state index in [1.54, 1.807) is 6.07 Å². The fourth-order valence-electron chi connectivity index (χ4n) is 1.16. The molecule has 0 aliphatic rings. The molecule has 0 fully saturated rings. The molecule has 0 aliphatic carbocycles. The summed E-state index contributed by atoms with van der Waals surface area (Å²) in [4.78, 5) is 11.1. The molecule has 0 amide bonds. The highest BCUT2D eigenvalue weighted by atomic mass is 79.9. The van der Waals surface area contributed by atoms with Crippen LogP contribution in [0.15, 0.2) is 22.7 Å². The second kappa shape index (κ2) is 5.23. The Labute approximate surface area is 95.5 Å². The number of hydrogen-bond acceptors (Lipinski definition) is 3. The van der Waals surface area contributed by atoms with Gasteiger partial charge < -0.3 is 10.5 Å². The van der Waals surface area contributed by atoms with Crippen molar-refractivity contribution in [1.82, 2.24) is 0 Å². The van der Waals surface area contributed by atoms with E-state index in [9.17, 15) is 9.18 Å². The van der Waals surface area contributed by atoms with Crippen LogP contribution >= 0.6 is 15.9 Å². The van der Waals surface area contributed by atoms with Crippen LogP contribution in [0.2, 0.25) is 0 Å². The molecule has 5 heteroatoms. The van der Waals surface area contributed by atoms with Gasteiger partial charge in [-0.25, -0.2) is 4.39 Å². The van der Waals surface area contributed by atoms with Gasteiger partial charge in [-0.05, 0) is 24.1 Å². The van der Waals surface area contributed by atoms with Crippen LogP contribution in [0.25, 0.3) is 0 Å². The molecule has 1 aromatic carbocycles. The van der Waals surface area contributed by atoms with Crippen molar-refractivity contribution < 1.29 is 13.9 Å². The van der Waals surface area contributed by atoms with E-state index in [1.807, 2.05) is 0 Å². The maximum Gasteiger partial charge on any atom is 0.322 e. The molecule has 1 aromatic rings. The first-order valence-corrected chi connectivity index (χ1v) is 5.11. The average Bonchev–Trinajstić information content (AvgIpc) is 2.20. The van der Waals surface area contributed by atoms with Crippen LogP contribution < -0.4 is 5.73 Å². The zero-order chi connectivity index (χ0) is 11.4. The van der Waals surface area contributed by atoms with Crippen LogP contribution in [0.4, 0.5) is 4.39 Å². The second-order valence-electron chi connectivity index (χ2n) is 3.07. The lowest BCUT2D eigenvalue weighted by atomic mass is 10.1. The van der Waals surface area contributed by atoms with Crippen molar-refractivity contribution in [3.8, 4) is 0 Å². The summed E-state index contributed by atoms with van der Waals surface area (Å²) in [7, 11) is 1.28. The van der Waals surface area contributed by atoms with E-state index in [2.05, 4.69) is 20.7 Å². The Kier molecular flexibility index (Phi) is 4.23. The predicted molar refractivity (Wildman–Crippen MR) is 57.8 cm³/mol. The Bertz CT molecular complexity index is 370. The second-order valence-corrected chi connectivity index (χ2v) is 3.92. The van der Waals surface area contributed by atoms with Crippen molar-refractivity contribution in [2.45, 2.75) is 12.5 Å². The molecule has 2 N–H and O–H groups in total. The third-order valence-corrected chi connectivity index (χ3v) is 2.70. The number of halogens is 2. The smallest absolute Gasteiger partial charge is 0.322 e. The van der Waals surface area contributed by atoms with Crippen LogP contribution in [-0.4, -0.2) is 19.1 Å². The molecule has 1 unspecified atom stereocenters. The molecular formula is C10H11BrFNO2. The van der Waals surface area contributed by atoms with Crippen LogP contribution in [-0.2, 0) is 16.0 Å². The monoisotopic (exact) mass is 275 g/mol. The van der Waals surface area contributed by atoms with Gasteiger partial charge in [0.2, 0.25) is 0 Å². The van der Waals surface area contributed by atoms with E-state index >= 15 is 0 Å². The average molecular weight is 276 g/mol. The first kappa shape index (κ1) is 12.1. The molecule has 0 aliphatic heterocycles. The van der Waals surface area contributed by atoms with Crippen molar-refractivity contribution >= 4 is 21.9 Å². The van der Waals surface area contributed by atoms with Crippen LogP contribution in [0.1, 0.15) is 5.56 Å². The molecule has 0 radical (unpaired) electrons. The standard InChI is InChI=1S/C10H11BrFNO2/c1-15-10(14)9(13)4-6-2-3-7(12)5-8(6)11/h2-3,5,9H,4,13H2,1H3. The number of carbonyl (C=O) groups is 1. The number of nitrogens with two attached hydrogens (primary N) is 1. The molecule has 1 rings (SSSR count). The Morgan fingerprint density at radius 1 is 1.67 bits per heavy atom. The Hall–Kier alpha value is -0.940. The SMILES string of the molecule is COC(=O)C(N)Cc1ccc(F)cc1Br. The number of hydrogen-bond donors (Lipinski definition) is 1. The van der Waals surface area contributed by atoms with E-state index < -0.39 is 12.0 Å². The minimum atomic E-state index is -0.725. The quantitative estimate of drug-likeness (QED) is 0.854. The van der Waals surface area contributed by atoms with Gasteiger partial charge in [0.05, 0.1) is 7.11 Å². The maximum atomic E-state index is 12.8. The summed E-state index contributed by atoms with van der Waals surface area (Å²) in [6.07, 6.45) is 0.313. The van der Waals surface area contributed by atoms with Gasteiger partial charge in [-0.3, -0.25) is 4.79 Å². The van der Waals surface area contributed by atoms with E-state index in [-0.39, 0.29) is 5.82 Å². The summed E-state index contributed by atoms with van der Waals surface area (Å²) in [5.41, 5.74) is 6.35. The zero-order valence-corrected chi connectivity index (χ0v) is 9.75. The van der Waals surface area contributed by atoms with E-state index in [1.165, 1.54) is 19.2 Å². The fraction of sp³-hybridized carbons (Fsp3) is 0.300. The van der Waals surface area contributed by atoms with Gasteiger partial charge in [0.1, 0.15) is 11.9 Å². The number of benzene rings is 1. The fourth-order valence-corrected chi connectivity index (χ4v) is 1.67. The first-order chi connectivity index (χ1) is 7.04. The van der Waals surface area contributed by atoms with E-state index in [0.29, 0.717) is 10.9 Å². The molecule has 1 atom stereocenters. The summed E-state index contributed by atoms with van der Waals surface area (Å²) < 4.78 is 17.9. The summed E-state index contributed by atoms with van der Waals surface area (Å²) in [5.74, 6) is -0.816. The normalized spacial score (nSPS) is 12.3. The summed E-state index contributed by atoms with van der Waals surface area (Å²) in [6, 6.07) is 3.52. The number of esters is 1. The molecule has 0 heterocycles. The molecule has 0 saturated carbocycles. The topological polar surface area (TPSA) is 52.3 Å². The molecule has 0 aromatic heterocycles. The lowest BCUT2D eigenvalue weighted by Gasteiger charge is -2.10. The lowest BCUT2D eigenvalue weighted by Crippen LogP contribution is -2.33. The van der Waals surface area contributed by atoms with Gasteiger partial charge in [0.25, 0.3) is 0 Å². The Morgan fingerprint density at radius 2 is 2.33 bits per heavy atom. The summed E-state index contributed by atoms with van der Waals surface area (Å²) in [5, 5.41) is 0. The molecule has 0 saturated heterocycles. The van der Waals surface area contributed by atoms with Crippen molar-refractivity contribution in [2.75, 3.05) is 7.11 Å². The molecule has 0 bridgehead atoms. The van der Waals surface area contributed by atoms with Crippen LogP contribution in [0.3, 0.4) is 0 Å². The Balaban J connectivity index is 2.76. The van der Waals surface area contributed by atoms with Crippen molar-refractivity contribution in [2.24, 2.45) is 5.73 Å². The van der Waals surface area contributed by atoms with Gasteiger partial charge in [0, 0.05) is 4.47 Å².